The normalized spacial score (nSPS) is 26.4. The fourth-order valence-corrected chi connectivity index (χ4v) is 2.71. The molecule has 5 heteroatoms. The zero-order valence-electron chi connectivity index (χ0n) is 10.6. The van der Waals surface area contributed by atoms with E-state index in [9.17, 15) is 9.59 Å². The molecule has 0 radical (unpaired) electrons. The van der Waals surface area contributed by atoms with Gasteiger partial charge in [0.05, 0.1) is 6.54 Å². The summed E-state index contributed by atoms with van der Waals surface area (Å²) >= 11 is 0. The van der Waals surface area contributed by atoms with Gasteiger partial charge >= 0.3 is 0 Å². The first-order valence-corrected chi connectivity index (χ1v) is 6.43. The third kappa shape index (κ3) is 2.29. The van der Waals surface area contributed by atoms with Gasteiger partial charge in [0.1, 0.15) is 6.04 Å². The van der Waals surface area contributed by atoms with Crippen molar-refractivity contribution < 1.29 is 9.59 Å². The SMILES string of the molecule is CCC(CN1CC(=O)N2CCCC2C1=O)NC. The zero-order valence-corrected chi connectivity index (χ0v) is 10.6. The highest BCUT2D eigenvalue weighted by Crippen LogP contribution is 2.23. The highest BCUT2D eigenvalue weighted by atomic mass is 16.2. The Bertz CT molecular complexity index is 315. The van der Waals surface area contributed by atoms with Gasteiger partial charge in [-0.15, -0.1) is 0 Å². The fourth-order valence-electron chi connectivity index (χ4n) is 2.71. The van der Waals surface area contributed by atoms with E-state index in [4.69, 9.17) is 0 Å². The van der Waals surface area contributed by atoms with Crippen molar-refractivity contribution in [2.75, 3.05) is 26.7 Å². The molecule has 2 aliphatic heterocycles. The Morgan fingerprint density at radius 1 is 1.47 bits per heavy atom. The van der Waals surface area contributed by atoms with Crippen LogP contribution in [0.1, 0.15) is 26.2 Å². The second-order valence-corrected chi connectivity index (χ2v) is 4.86. The number of nitrogens with zero attached hydrogens (tertiary/aromatic N) is 2. The maximum absolute atomic E-state index is 12.2. The number of carbonyl (C=O) groups is 2. The Morgan fingerprint density at radius 2 is 2.24 bits per heavy atom. The third-order valence-electron chi connectivity index (χ3n) is 3.84. The molecule has 2 atom stereocenters. The van der Waals surface area contributed by atoms with Crippen LogP contribution in [0.5, 0.6) is 0 Å². The van der Waals surface area contributed by atoms with Gasteiger partial charge in [-0.25, -0.2) is 0 Å². The van der Waals surface area contributed by atoms with E-state index >= 15 is 0 Å². The second-order valence-electron chi connectivity index (χ2n) is 4.86. The molecule has 0 saturated carbocycles. The predicted octanol–water partition coefficient (Wildman–Crippen LogP) is -0.182. The molecule has 1 N–H and O–H groups in total. The molecular formula is C12H21N3O2. The summed E-state index contributed by atoms with van der Waals surface area (Å²) in [6.07, 6.45) is 2.75. The number of likely N-dealkylation sites (N-methyl/N-ethyl adjacent to an activating group) is 1. The van der Waals surface area contributed by atoms with E-state index in [1.807, 2.05) is 7.05 Å². The van der Waals surface area contributed by atoms with Crippen molar-refractivity contribution in [3.05, 3.63) is 0 Å². The molecule has 0 spiro atoms. The van der Waals surface area contributed by atoms with Crippen molar-refractivity contribution in [3.63, 3.8) is 0 Å². The number of nitrogens with one attached hydrogen (secondary N) is 1. The fraction of sp³-hybridized carbons (Fsp3) is 0.833. The van der Waals surface area contributed by atoms with Gasteiger partial charge in [-0.1, -0.05) is 6.92 Å². The van der Waals surface area contributed by atoms with Crippen LogP contribution in [0.4, 0.5) is 0 Å². The number of amides is 2. The van der Waals surface area contributed by atoms with E-state index < -0.39 is 0 Å². The number of carbonyl (C=O) groups excluding carboxylic acids is 2. The monoisotopic (exact) mass is 239 g/mol. The first kappa shape index (κ1) is 12.4. The molecule has 2 heterocycles. The van der Waals surface area contributed by atoms with Crippen LogP contribution in [0.2, 0.25) is 0 Å². The molecule has 2 fully saturated rings. The van der Waals surface area contributed by atoms with Crippen LogP contribution in [0, 0.1) is 0 Å². The topological polar surface area (TPSA) is 52.7 Å². The van der Waals surface area contributed by atoms with Gasteiger partial charge in [0.2, 0.25) is 11.8 Å². The second kappa shape index (κ2) is 5.04. The van der Waals surface area contributed by atoms with E-state index in [0.29, 0.717) is 6.54 Å². The summed E-state index contributed by atoms with van der Waals surface area (Å²) in [6, 6.07) is 0.102. The highest BCUT2D eigenvalue weighted by Gasteiger charge is 2.41. The van der Waals surface area contributed by atoms with Crippen LogP contribution < -0.4 is 5.32 Å². The maximum Gasteiger partial charge on any atom is 0.245 e. The average molecular weight is 239 g/mol. The van der Waals surface area contributed by atoms with Crippen LogP contribution in [-0.4, -0.2) is 60.4 Å². The molecule has 0 aromatic carbocycles. The third-order valence-corrected chi connectivity index (χ3v) is 3.84. The standard InChI is InChI=1S/C12H21N3O2/c1-3-9(13-2)7-14-8-11(16)15-6-4-5-10(15)12(14)17/h9-10,13H,3-8H2,1-2H3. The lowest BCUT2D eigenvalue weighted by Crippen LogP contribution is -2.59. The summed E-state index contributed by atoms with van der Waals surface area (Å²) in [4.78, 5) is 27.6. The van der Waals surface area contributed by atoms with Gasteiger partial charge in [0, 0.05) is 19.1 Å². The molecule has 2 unspecified atom stereocenters. The maximum atomic E-state index is 12.2. The number of piperazine rings is 1. The summed E-state index contributed by atoms with van der Waals surface area (Å²) in [5.74, 6) is 0.244. The van der Waals surface area contributed by atoms with Crippen LogP contribution in [0.3, 0.4) is 0 Å². The first-order valence-electron chi connectivity index (χ1n) is 6.43. The van der Waals surface area contributed by atoms with Crippen LogP contribution >= 0.6 is 0 Å². The smallest absolute Gasteiger partial charge is 0.245 e. The molecule has 0 bridgehead atoms. The Hall–Kier alpha value is -1.10. The quantitative estimate of drug-likeness (QED) is 0.740. The van der Waals surface area contributed by atoms with Crippen molar-refractivity contribution in [1.82, 2.24) is 15.1 Å². The molecule has 2 aliphatic rings. The van der Waals surface area contributed by atoms with Gasteiger partial charge < -0.3 is 15.1 Å². The Labute approximate surface area is 102 Å². The summed E-state index contributed by atoms with van der Waals surface area (Å²) in [5.41, 5.74) is 0. The number of fused-ring (bicyclic) bond motifs is 1. The lowest BCUT2D eigenvalue weighted by Gasteiger charge is -2.37. The number of rotatable bonds is 4. The van der Waals surface area contributed by atoms with Gasteiger partial charge in [0.25, 0.3) is 0 Å². The van der Waals surface area contributed by atoms with Crippen LogP contribution in [-0.2, 0) is 9.59 Å². The summed E-state index contributed by atoms with van der Waals surface area (Å²) in [5, 5.41) is 3.18. The predicted molar refractivity (Wildman–Crippen MR) is 64.5 cm³/mol. The molecule has 96 valence electrons. The minimum absolute atomic E-state index is 0.109. The van der Waals surface area contributed by atoms with Crippen molar-refractivity contribution in [2.45, 2.75) is 38.3 Å². The Balaban J connectivity index is 2.04. The minimum Gasteiger partial charge on any atom is -0.330 e. The first-order chi connectivity index (χ1) is 8.17. The van der Waals surface area contributed by atoms with Crippen LogP contribution in [0.25, 0.3) is 0 Å². The van der Waals surface area contributed by atoms with Gasteiger partial charge in [0.15, 0.2) is 0 Å². The molecule has 2 amide bonds. The largest absolute Gasteiger partial charge is 0.330 e. The summed E-state index contributed by atoms with van der Waals surface area (Å²) < 4.78 is 0. The van der Waals surface area contributed by atoms with Gasteiger partial charge in [-0.05, 0) is 26.3 Å². The lowest BCUT2D eigenvalue weighted by atomic mass is 10.1. The van der Waals surface area contributed by atoms with Crippen molar-refractivity contribution in [3.8, 4) is 0 Å². The molecule has 5 nitrogen and oxygen atoms in total. The lowest BCUT2D eigenvalue weighted by molar-refractivity contribution is -0.153. The molecule has 0 aliphatic carbocycles. The number of hydrogen-bond donors (Lipinski definition) is 1. The highest BCUT2D eigenvalue weighted by molar-refractivity contribution is 5.95. The molecule has 2 rings (SSSR count). The van der Waals surface area contributed by atoms with E-state index in [-0.39, 0.29) is 30.4 Å². The van der Waals surface area contributed by atoms with Crippen molar-refractivity contribution >= 4 is 11.8 Å². The van der Waals surface area contributed by atoms with Crippen LogP contribution in [0.15, 0.2) is 0 Å². The van der Waals surface area contributed by atoms with Gasteiger partial charge in [-0.2, -0.15) is 0 Å². The Kier molecular flexibility index (Phi) is 3.66. The average Bonchev–Trinajstić information content (AvgIpc) is 2.81. The van der Waals surface area contributed by atoms with E-state index in [1.165, 1.54) is 0 Å². The molecular weight excluding hydrogens is 218 g/mol. The summed E-state index contributed by atoms with van der Waals surface area (Å²) in [6.45, 7) is 3.74. The van der Waals surface area contributed by atoms with E-state index in [0.717, 1.165) is 25.8 Å². The molecule has 2 saturated heterocycles. The number of hydrogen-bond acceptors (Lipinski definition) is 3. The summed E-state index contributed by atoms with van der Waals surface area (Å²) in [7, 11) is 1.90. The zero-order chi connectivity index (χ0) is 12.4. The van der Waals surface area contributed by atoms with E-state index in [2.05, 4.69) is 12.2 Å². The molecule has 17 heavy (non-hydrogen) atoms. The Morgan fingerprint density at radius 3 is 2.88 bits per heavy atom. The molecule has 0 aromatic rings. The molecule has 0 aromatic heterocycles. The minimum atomic E-state index is -0.175. The van der Waals surface area contributed by atoms with Crippen molar-refractivity contribution in [2.24, 2.45) is 0 Å². The van der Waals surface area contributed by atoms with E-state index in [1.54, 1.807) is 9.80 Å². The van der Waals surface area contributed by atoms with Gasteiger partial charge in [-0.3, -0.25) is 9.59 Å². The van der Waals surface area contributed by atoms with Crippen molar-refractivity contribution in [1.29, 1.82) is 0 Å².